The second-order valence-corrected chi connectivity index (χ2v) is 6.65. The van der Waals surface area contributed by atoms with Crippen molar-refractivity contribution >= 4 is 23.2 Å². The molecule has 0 bridgehead atoms. The predicted octanol–water partition coefficient (Wildman–Crippen LogP) is 4.59. The van der Waals surface area contributed by atoms with E-state index in [1.165, 1.54) is 12.5 Å². The number of carbonyl (C=O) groups is 2. The zero-order chi connectivity index (χ0) is 19.8. The van der Waals surface area contributed by atoms with Gasteiger partial charge < -0.3 is 15.0 Å². The van der Waals surface area contributed by atoms with Gasteiger partial charge in [-0.05, 0) is 42.7 Å². The van der Waals surface area contributed by atoms with E-state index in [-0.39, 0.29) is 24.8 Å². The molecule has 0 aliphatic rings. The van der Waals surface area contributed by atoms with Crippen LogP contribution in [0.5, 0.6) is 5.75 Å². The van der Waals surface area contributed by atoms with Gasteiger partial charge in [0.2, 0.25) is 11.8 Å². The van der Waals surface area contributed by atoms with Crippen LogP contribution in [0.15, 0.2) is 48.5 Å². The molecule has 0 atom stereocenters. The summed E-state index contributed by atoms with van der Waals surface area (Å²) in [6.07, 6.45) is 0.200. The Balaban J connectivity index is 2.01. The van der Waals surface area contributed by atoms with E-state index in [0.717, 1.165) is 5.69 Å². The highest BCUT2D eigenvalue weighted by atomic mass is 16.5. The summed E-state index contributed by atoms with van der Waals surface area (Å²) in [6.45, 7) is 8.44. The Morgan fingerprint density at radius 1 is 1.07 bits per heavy atom. The van der Waals surface area contributed by atoms with Crippen LogP contribution in [0, 0.1) is 0 Å². The van der Waals surface area contributed by atoms with Gasteiger partial charge in [-0.3, -0.25) is 9.59 Å². The summed E-state index contributed by atoms with van der Waals surface area (Å²) in [5, 5.41) is 2.89. The lowest BCUT2D eigenvalue weighted by Crippen LogP contribution is -2.32. The van der Waals surface area contributed by atoms with Crippen molar-refractivity contribution in [3.8, 4) is 5.75 Å². The molecular weight excluding hydrogens is 340 g/mol. The number of nitrogens with zero attached hydrogens (tertiary/aromatic N) is 1. The Bertz CT molecular complexity index is 769. The third kappa shape index (κ3) is 5.84. The smallest absolute Gasteiger partial charge is 0.226 e. The number of benzene rings is 2. The second-order valence-electron chi connectivity index (χ2n) is 6.65. The molecule has 1 N–H and O–H groups in total. The first-order valence-electron chi connectivity index (χ1n) is 9.32. The number of rotatable bonds is 8. The number of ether oxygens (including phenoxy) is 1. The maximum absolute atomic E-state index is 12.3. The van der Waals surface area contributed by atoms with Crippen LogP contribution >= 0.6 is 0 Å². The SMILES string of the molecule is CCOc1ccccc1N(CCC(=O)Nc1ccc(C(C)C)cc1)C(C)=O. The minimum Gasteiger partial charge on any atom is -0.492 e. The van der Waals surface area contributed by atoms with Gasteiger partial charge in [-0.1, -0.05) is 38.1 Å². The fraction of sp³-hybridized carbons (Fsp3) is 0.364. The topological polar surface area (TPSA) is 58.6 Å². The molecule has 0 aliphatic carbocycles. The zero-order valence-corrected chi connectivity index (χ0v) is 16.5. The fourth-order valence-electron chi connectivity index (χ4n) is 2.79. The van der Waals surface area contributed by atoms with Crippen molar-refractivity contribution in [2.45, 2.75) is 40.0 Å². The van der Waals surface area contributed by atoms with Crippen LogP contribution in [0.1, 0.15) is 45.6 Å². The Morgan fingerprint density at radius 2 is 1.74 bits per heavy atom. The standard InChI is InChI=1S/C22H28N2O3/c1-5-27-21-9-7-6-8-20(21)24(17(4)25)15-14-22(26)23-19-12-10-18(11-13-19)16(2)3/h6-13,16H,5,14-15H2,1-4H3,(H,23,26). The Morgan fingerprint density at radius 3 is 2.33 bits per heavy atom. The number of amides is 2. The number of nitrogens with one attached hydrogen (secondary N) is 1. The fourth-order valence-corrected chi connectivity index (χ4v) is 2.79. The van der Waals surface area contributed by atoms with Gasteiger partial charge in [-0.15, -0.1) is 0 Å². The van der Waals surface area contributed by atoms with Crippen molar-refractivity contribution in [1.29, 1.82) is 0 Å². The maximum Gasteiger partial charge on any atom is 0.226 e. The maximum atomic E-state index is 12.3. The summed E-state index contributed by atoms with van der Waals surface area (Å²) < 4.78 is 5.61. The first-order valence-corrected chi connectivity index (χ1v) is 9.32. The van der Waals surface area contributed by atoms with Crippen LogP contribution in [-0.2, 0) is 9.59 Å². The quantitative estimate of drug-likeness (QED) is 0.741. The summed E-state index contributed by atoms with van der Waals surface area (Å²) in [4.78, 5) is 26.0. The summed E-state index contributed by atoms with van der Waals surface area (Å²) in [7, 11) is 0. The van der Waals surface area contributed by atoms with E-state index < -0.39 is 0 Å². The minimum atomic E-state index is -0.132. The van der Waals surface area contributed by atoms with Crippen molar-refractivity contribution in [1.82, 2.24) is 0 Å². The summed E-state index contributed by atoms with van der Waals surface area (Å²) in [5.74, 6) is 0.827. The first-order chi connectivity index (χ1) is 12.9. The van der Waals surface area contributed by atoms with E-state index >= 15 is 0 Å². The van der Waals surface area contributed by atoms with E-state index in [0.29, 0.717) is 24.0 Å². The molecule has 0 unspecified atom stereocenters. The molecule has 0 saturated carbocycles. The van der Waals surface area contributed by atoms with Gasteiger partial charge in [0, 0.05) is 25.6 Å². The molecule has 2 rings (SSSR count). The molecule has 0 aliphatic heterocycles. The van der Waals surface area contributed by atoms with E-state index in [1.807, 2.05) is 55.5 Å². The van der Waals surface area contributed by atoms with Gasteiger partial charge in [0.25, 0.3) is 0 Å². The van der Waals surface area contributed by atoms with Crippen LogP contribution in [0.25, 0.3) is 0 Å². The van der Waals surface area contributed by atoms with Crippen LogP contribution in [0.2, 0.25) is 0 Å². The number of hydrogen-bond acceptors (Lipinski definition) is 3. The van der Waals surface area contributed by atoms with Gasteiger partial charge in [0.05, 0.1) is 12.3 Å². The Labute approximate surface area is 161 Å². The van der Waals surface area contributed by atoms with Gasteiger partial charge in [0.1, 0.15) is 5.75 Å². The molecule has 0 aromatic heterocycles. The molecule has 0 fully saturated rings. The molecule has 0 radical (unpaired) electrons. The molecule has 5 heteroatoms. The minimum absolute atomic E-state index is 0.128. The van der Waals surface area contributed by atoms with Crippen molar-refractivity contribution in [2.75, 3.05) is 23.4 Å². The van der Waals surface area contributed by atoms with E-state index in [1.54, 1.807) is 4.90 Å². The van der Waals surface area contributed by atoms with Crippen molar-refractivity contribution in [3.05, 3.63) is 54.1 Å². The number of carbonyl (C=O) groups excluding carboxylic acids is 2. The van der Waals surface area contributed by atoms with Crippen LogP contribution in [0.3, 0.4) is 0 Å². The summed E-state index contributed by atoms with van der Waals surface area (Å²) >= 11 is 0. The molecule has 0 saturated heterocycles. The van der Waals surface area contributed by atoms with Crippen LogP contribution in [0.4, 0.5) is 11.4 Å². The van der Waals surface area contributed by atoms with Gasteiger partial charge in [0.15, 0.2) is 0 Å². The molecule has 27 heavy (non-hydrogen) atoms. The largest absolute Gasteiger partial charge is 0.492 e. The lowest BCUT2D eigenvalue weighted by Gasteiger charge is -2.23. The normalized spacial score (nSPS) is 10.6. The van der Waals surface area contributed by atoms with Crippen LogP contribution < -0.4 is 15.0 Å². The molecule has 2 aromatic rings. The van der Waals surface area contributed by atoms with Gasteiger partial charge >= 0.3 is 0 Å². The summed E-state index contributed by atoms with van der Waals surface area (Å²) in [5.41, 5.74) is 2.66. The number of para-hydroxylation sites is 2. The Hall–Kier alpha value is -2.82. The average Bonchev–Trinajstić information content (AvgIpc) is 2.63. The van der Waals surface area contributed by atoms with Gasteiger partial charge in [-0.25, -0.2) is 0 Å². The zero-order valence-electron chi connectivity index (χ0n) is 16.5. The van der Waals surface area contributed by atoms with Crippen LogP contribution in [-0.4, -0.2) is 25.0 Å². The van der Waals surface area contributed by atoms with Crippen molar-refractivity contribution in [2.24, 2.45) is 0 Å². The van der Waals surface area contributed by atoms with E-state index in [2.05, 4.69) is 19.2 Å². The van der Waals surface area contributed by atoms with Gasteiger partial charge in [-0.2, -0.15) is 0 Å². The van der Waals surface area contributed by atoms with E-state index in [9.17, 15) is 9.59 Å². The molecule has 5 nitrogen and oxygen atoms in total. The average molecular weight is 368 g/mol. The third-order valence-electron chi connectivity index (χ3n) is 4.26. The highest BCUT2D eigenvalue weighted by Crippen LogP contribution is 2.28. The lowest BCUT2D eigenvalue weighted by molar-refractivity contribution is -0.117. The predicted molar refractivity (Wildman–Crippen MR) is 109 cm³/mol. The highest BCUT2D eigenvalue weighted by molar-refractivity contribution is 5.95. The third-order valence-corrected chi connectivity index (χ3v) is 4.26. The Kier molecular flexibility index (Phi) is 7.41. The molecule has 2 amide bonds. The number of hydrogen-bond donors (Lipinski definition) is 1. The highest BCUT2D eigenvalue weighted by Gasteiger charge is 2.17. The molecular formula is C22H28N2O3. The van der Waals surface area contributed by atoms with E-state index in [4.69, 9.17) is 4.74 Å². The molecule has 0 heterocycles. The molecule has 0 spiro atoms. The summed E-state index contributed by atoms with van der Waals surface area (Å²) in [6, 6.07) is 15.2. The second kappa shape index (κ2) is 9.76. The molecule has 2 aromatic carbocycles. The van der Waals surface area contributed by atoms with Crippen molar-refractivity contribution in [3.63, 3.8) is 0 Å². The molecule has 144 valence electrons. The first kappa shape index (κ1) is 20.5. The monoisotopic (exact) mass is 368 g/mol. The number of anilines is 2. The van der Waals surface area contributed by atoms with Crippen molar-refractivity contribution < 1.29 is 14.3 Å². The lowest BCUT2D eigenvalue weighted by atomic mass is 10.0.